The number of rotatable bonds is 4. The molecule has 0 spiro atoms. The fourth-order valence-electron chi connectivity index (χ4n) is 3.13. The first-order chi connectivity index (χ1) is 9.54. The Kier molecular flexibility index (Phi) is 5.08. The zero-order chi connectivity index (χ0) is 14.7. The minimum atomic E-state index is -0.212. The summed E-state index contributed by atoms with van der Waals surface area (Å²) in [6, 6.07) is 0.389. The molecule has 0 radical (unpaired) electrons. The quantitative estimate of drug-likeness (QED) is 0.924. The van der Waals surface area contributed by atoms with Gasteiger partial charge in [-0.25, -0.2) is 4.68 Å². The number of anilines is 1. The molecule has 1 aromatic rings. The van der Waals surface area contributed by atoms with Crippen LogP contribution in [0.2, 0.25) is 5.02 Å². The summed E-state index contributed by atoms with van der Waals surface area (Å²) in [6.45, 7) is 6.95. The highest BCUT2D eigenvalue weighted by atomic mass is 35.5. The average molecular weight is 298 g/mol. The average Bonchev–Trinajstić information content (AvgIpc) is 2.44. The van der Waals surface area contributed by atoms with Crippen molar-refractivity contribution < 1.29 is 0 Å². The predicted octanol–water partition coefficient (Wildman–Crippen LogP) is 3.54. The van der Waals surface area contributed by atoms with Gasteiger partial charge in [0.15, 0.2) is 0 Å². The van der Waals surface area contributed by atoms with E-state index in [9.17, 15) is 4.79 Å². The summed E-state index contributed by atoms with van der Waals surface area (Å²) in [7, 11) is 0. The Morgan fingerprint density at radius 1 is 1.45 bits per heavy atom. The molecule has 1 saturated carbocycles. The maximum absolute atomic E-state index is 12.0. The molecule has 0 saturated heterocycles. The monoisotopic (exact) mass is 297 g/mol. The summed E-state index contributed by atoms with van der Waals surface area (Å²) in [4.78, 5) is 12.0. The zero-order valence-corrected chi connectivity index (χ0v) is 13.3. The Morgan fingerprint density at radius 3 is 2.80 bits per heavy atom. The fraction of sp³-hybridized carbons (Fsp3) is 0.733. The van der Waals surface area contributed by atoms with Crippen LogP contribution >= 0.6 is 11.6 Å². The molecular weight excluding hydrogens is 274 g/mol. The summed E-state index contributed by atoms with van der Waals surface area (Å²) in [5, 5.41) is 7.87. The number of nitrogens with one attached hydrogen (secondary N) is 1. The van der Waals surface area contributed by atoms with Gasteiger partial charge in [0.25, 0.3) is 5.56 Å². The maximum Gasteiger partial charge on any atom is 0.287 e. The Balaban J connectivity index is 2.20. The van der Waals surface area contributed by atoms with Crippen molar-refractivity contribution in [2.75, 3.05) is 5.32 Å². The molecule has 1 aliphatic rings. The topological polar surface area (TPSA) is 46.9 Å². The van der Waals surface area contributed by atoms with Gasteiger partial charge < -0.3 is 5.32 Å². The van der Waals surface area contributed by atoms with Gasteiger partial charge in [0.2, 0.25) is 0 Å². The van der Waals surface area contributed by atoms with Crippen molar-refractivity contribution in [3.63, 3.8) is 0 Å². The van der Waals surface area contributed by atoms with Crippen molar-refractivity contribution in [3.05, 3.63) is 21.6 Å². The highest BCUT2D eigenvalue weighted by Crippen LogP contribution is 2.33. The van der Waals surface area contributed by atoms with Crippen LogP contribution in [-0.4, -0.2) is 15.8 Å². The van der Waals surface area contributed by atoms with Crippen LogP contribution in [-0.2, 0) is 6.54 Å². The Hall–Kier alpha value is -1.03. The van der Waals surface area contributed by atoms with Crippen molar-refractivity contribution in [1.29, 1.82) is 0 Å². The van der Waals surface area contributed by atoms with Crippen molar-refractivity contribution >= 4 is 17.3 Å². The minimum absolute atomic E-state index is 0.212. The van der Waals surface area contributed by atoms with Gasteiger partial charge in [0.05, 0.1) is 11.9 Å². The molecule has 5 heteroatoms. The zero-order valence-electron chi connectivity index (χ0n) is 12.5. The number of halogens is 1. The van der Waals surface area contributed by atoms with E-state index < -0.39 is 0 Å². The van der Waals surface area contributed by atoms with Crippen molar-refractivity contribution in [2.45, 2.75) is 59.0 Å². The van der Waals surface area contributed by atoms with E-state index in [2.05, 4.69) is 24.3 Å². The first kappa shape index (κ1) is 15.4. The molecule has 0 aliphatic heterocycles. The van der Waals surface area contributed by atoms with Crippen LogP contribution < -0.4 is 10.9 Å². The number of hydrogen-bond acceptors (Lipinski definition) is 3. The molecule has 2 atom stereocenters. The van der Waals surface area contributed by atoms with Crippen molar-refractivity contribution in [1.82, 2.24) is 9.78 Å². The molecular formula is C15H24ClN3O. The van der Waals surface area contributed by atoms with E-state index in [4.69, 9.17) is 11.6 Å². The van der Waals surface area contributed by atoms with E-state index in [0.29, 0.717) is 30.1 Å². The molecule has 1 aliphatic carbocycles. The van der Waals surface area contributed by atoms with Crippen LogP contribution in [0.15, 0.2) is 11.0 Å². The van der Waals surface area contributed by atoms with Gasteiger partial charge in [0.1, 0.15) is 5.02 Å². The normalized spacial score (nSPS) is 23.1. The molecule has 2 unspecified atom stereocenters. The van der Waals surface area contributed by atoms with E-state index in [1.165, 1.54) is 23.9 Å². The molecule has 1 heterocycles. The standard InChI is InChI=1S/C15H24ClN3O/c1-4-19-15(20)14(16)13(9-17-19)18-12-8-6-5-7-11(12)10(2)3/h9-12,18H,4-8H2,1-3H3. The maximum atomic E-state index is 12.0. The van der Waals surface area contributed by atoms with Crippen LogP contribution in [0.1, 0.15) is 46.5 Å². The number of aromatic nitrogens is 2. The molecule has 1 aromatic heterocycles. The van der Waals surface area contributed by atoms with Crippen LogP contribution in [0.4, 0.5) is 5.69 Å². The fourth-order valence-corrected chi connectivity index (χ4v) is 3.33. The third kappa shape index (κ3) is 3.17. The van der Waals surface area contributed by atoms with Gasteiger partial charge in [-0.05, 0) is 31.6 Å². The van der Waals surface area contributed by atoms with Crippen molar-refractivity contribution in [2.24, 2.45) is 11.8 Å². The highest BCUT2D eigenvalue weighted by Gasteiger charge is 2.28. The molecule has 0 aromatic carbocycles. The molecule has 0 bridgehead atoms. The smallest absolute Gasteiger partial charge is 0.287 e. The van der Waals surface area contributed by atoms with Gasteiger partial charge >= 0.3 is 0 Å². The van der Waals surface area contributed by atoms with E-state index in [1.54, 1.807) is 6.20 Å². The van der Waals surface area contributed by atoms with E-state index in [0.717, 1.165) is 6.42 Å². The van der Waals surface area contributed by atoms with E-state index >= 15 is 0 Å². The third-order valence-corrected chi connectivity index (χ3v) is 4.67. The molecule has 4 nitrogen and oxygen atoms in total. The Labute approximate surface area is 125 Å². The highest BCUT2D eigenvalue weighted by molar-refractivity contribution is 6.32. The molecule has 2 rings (SSSR count). The number of aryl methyl sites for hydroxylation is 1. The van der Waals surface area contributed by atoms with Gasteiger partial charge in [0, 0.05) is 12.6 Å². The first-order valence-electron chi connectivity index (χ1n) is 7.56. The van der Waals surface area contributed by atoms with Crippen LogP contribution in [0.25, 0.3) is 0 Å². The predicted molar refractivity (Wildman–Crippen MR) is 83.4 cm³/mol. The molecule has 1 N–H and O–H groups in total. The Bertz CT molecular complexity index is 512. The lowest BCUT2D eigenvalue weighted by Gasteiger charge is -2.35. The molecule has 112 valence electrons. The molecule has 20 heavy (non-hydrogen) atoms. The van der Waals surface area contributed by atoms with Crippen LogP contribution in [0.3, 0.4) is 0 Å². The van der Waals surface area contributed by atoms with Crippen LogP contribution in [0.5, 0.6) is 0 Å². The summed E-state index contributed by atoms with van der Waals surface area (Å²) in [6.07, 6.45) is 6.59. The lowest BCUT2D eigenvalue weighted by Crippen LogP contribution is -2.36. The van der Waals surface area contributed by atoms with Gasteiger partial charge in [-0.1, -0.05) is 38.3 Å². The van der Waals surface area contributed by atoms with Gasteiger partial charge in [-0.3, -0.25) is 4.79 Å². The third-order valence-electron chi connectivity index (χ3n) is 4.30. The van der Waals surface area contributed by atoms with E-state index in [1.807, 2.05) is 6.92 Å². The lowest BCUT2D eigenvalue weighted by atomic mass is 9.78. The number of nitrogens with zero attached hydrogens (tertiary/aromatic N) is 2. The van der Waals surface area contributed by atoms with Crippen molar-refractivity contribution in [3.8, 4) is 0 Å². The lowest BCUT2D eigenvalue weighted by molar-refractivity contribution is 0.253. The summed E-state index contributed by atoms with van der Waals surface area (Å²) in [5.41, 5.74) is 0.468. The summed E-state index contributed by atoms with van der Waals surface area (Å²) < 4.78 is 1.38. The van der Waals surface area contributed by atoms with E-state index in [-0.39, 0.29) is 10.6 Å². The molecule has 0 amide bonds. The summed E-state index contributed by atoms with van der Waals surface area (Å²) >= 11 is 6.19. The Morgan fingerprint density at radius 2 is 2.15 bits per heavy atom. The first-order valence-corrected chi connectivity index (χ1v) is 7.94. The largest absolute Gasteiger partial charge is 0.379 e. The van der Waals surface area contributed by atoms with Gasteiger partial charge in [-0.2, -0.15) is 5.10 Å². The SMILES string of the molecule is CCn1ncc(NC2CCCCC2C(C)C)c(Cl)c1=O. The van der Waals surface area contributed by atoms with Crippen LogP contribution in [0, 0.1) is 11.8 Å². The minimum Gasteiger partial charge on any atom is -0.379 e. The second-order valence-electron chi connectivity index (χ2n) is 5.94. The second-order valence-corrected chi connectivity index (χ2v) is 6.31. The second kappa shape index (κ2) is 6.61. The molecule has 1 fully saturated rings. The number of hydrogen-bond donors (Lipinski definition) is 1. The van der Waals surface area contributed by atoms with Gasteiger partial charge in [-0.15, -0.1) is 0 Å². The summed E-state index contributed by atoms with van der Waals surface area (Å²) in [5.74, 6) is 1.27.